The number of nitrogens with zero attached hydrogens (tertiary/aromatic N) is 3. The largest absolute Gasteiger partial charge is 0.320 e. The maximum atomic E-state index is 11.9. The number of Topliss-reactive ketones (excluding diaryl/α,β-unsaturated/α-hetero) is 1. The lowest BCUT2D eigenvalue weighted by atomic mass is 10.1. The molecule has 0 amide bonds. The number of ketones is 1. The van der Waals surface area contributed by atoms with Gasteiger partial charge in [-0.15, -0.1) is 0 Å². The van der Waals surface area contributed by atoms with E-state index in [1.54, 1.807) is 0 Å². The van der Waals surface area contributed by atoms with Crippen LogP contribution in [0.5, 0.6) is 0 Å². The van der Waals surface area contributed by atoms with Crippen LogP contribution in [-0.4, -0.2) is 15.3 Å². The molecule has 0 unspecified atom stereocenters. The Morgan fingerprint density at radius 2 is 2.17 bits per heavy atom. The zero-order valence-corrected chi connectivity index (χ0v) is 10.6. The second kappa shape index (κ2) is 5.01. The summed E-state index contributed by atoms with van der Waals surface area (Å²) in [5.41, 5.74) is 1.75. The first-order valence-corrected chi connectivity index (χ1v) is 5.97. The van der Waals surface area contributed by atoms with E-state index in [-0.39, 0.29) is 24.7 Å². The summed E-state index contributed by atoms with van der Waals surface area (Å²) < 4.78 is 1.85. The molecule has 2 rings (SSSR count). The Kier molecular flexibility index (Phi) is 3.42. The number of hydrogen-bond acceptors (Lipinski definition) is 3. The molecule has 0 saturated carbocycles. The van der Waals surface area contributed by atoms with E-state index in [4.69, 9.17) is 5.26 Å². The lowest BCUT2D eigenvalue weighted by Gasteiger charge is -2.08. The highest BCUT2D eigenvalue weighted by atomic mass is 16.1. The second-order valence-corrected chi connectivity index (χ2v) is 4.56. The van der Waals surface area contributed by atoms with Crippen molar-refractivity contribution < 1.29 is 4.79 Å². The van der Waals surface area contributed by atoms with Gasteiger partial charge in [-0.05, 0) is 12.1 Å². The zero-order valence-electron chi connectivity index (χ0n) is 10.6. The molecule has 92 valence electrons. The SMILES string of the molecule is CC(C)C(=O)Cn1c(CC#N)nc2ccccc21. The van der Waals surface area contributed by atoms with Crippen molar-refractivity contribution in [1.82, 2.24) is 9.55 Å². The molecule has 0 radical (unpaired) electrons. The van der Waals surface area contributed by atoms with Crippen LogP contribution in [0.15, 0.2) is 24.3 Å². The molecule has 1 aromatic heterocycles. The van der Waals surface area contributed by atoms with Crippen molar-refractivity contribution in [2.75, 3.05) is 0 Å². The monoisotopic (exact) mass is 241 g/mol. The summed E-state index contributed by atoms with van der Waals surface area (Å²) in [5.74, 6) is 0.797. The molecule has 0 atom stereocenters. The molecule has 0 saturated heterocycles. The summed E-state index contributed by atoms with van der Waals surface area (Å²) in [4.78, 5) is 16.3. The topological polar surface area (TPSA) is 58.7 Å². The van der Waals surface area contributed by atoms with Gasteiger partial charge in [0.05, 0.1) is 30.1 Å². The molecule has 1 aromatic carbocycles. The molecule has 4 nitrogen and oxygen atoms in total. The van der Waals surface area contributed by atoms with Crippen molar-refractivity contribution in [2.45, 2.75) is 26.8 Å². The van der Waals surface area contributed by atoms with Gasteiger partial charge in [-0.2, -0.15) is 5.26 Å². The van der Waals surface area contributed by atoms with E-state index < -0.39 is 0 Å². The minimum absolute atomic E-state index is 0.0129. The Morgan fingerprint density at radius 1 is 1.44 bits per heavy atom. The van der Waals surface area contributed by atoms with Crippen LogP contribution in [0.25, 0.3) is 11.0 Å². The van der Waals surface area contributed by atoms with Gasteiger partial charge < -0.3 is 4.57 Å². The number of carbonyl (C=O) groups excluding carboxylic acids is 1. The zero-order chi connectivity index (χ0) is 13.1. The first kappa shape index (κ1) is 12.3. The van der Waals surface area contributed by atoms with E-state index in [1.165, 1.54) is 0 Å². The molecule has 0 spiro atoms. The molecule has 4 heteroatoms. The first-order valence-electron chi connectivity index (χ1n) is 5.97. The first-order chi connectivity index (χ1) is 8.63. The number of nitriles is 1. The molecule has 0 fully saturated rings. The van der Waals surface area contributed by atoms with Crippen molar-refractivity contribution in [3.05, 3.63) is 30.1 Å². The fraction of sp³-hybridized carbons (Fsp3) is 0.357. The Hall–Kier alpha value is -2.15. The van der Waals surface area contributed by atoms with Crippen molar-refractivity contribution >= 4 is 16.8 Å². The Morgan fingerprint density at radius 3 is 2.83 bits per heavy atom. The van der Waals surface area contributed by atoms with Crippen LogP contribution in [0, 0.1) is 17.2 Å². The molecule has 0 N–H and O–H groups in total. The highest BCUT2D eigenvalue weighted by molar-refractivity contribution is 5.83. The Labute approximate surface area is 106 Å². The average molecular weight is 241 g/mol. The third kappa shape index (κ3) is 2.25. The quantitative estimate of drug-likeness (QED) is 0.825. The Bertz CT molecular complexity index is 619. The van der Waals surface area contributed by atoms with Crippen LogP contribution >= 0.6 is 0 Å². The number of carbonyl (C=O) groups is 1. The number of para-hydroxylation sites is 2. The van der Waals surface area contributed by atoms with E-state index in [2.05, 4.69) is 11.1 Å². The molecular formula is C14H15N3O. The second-order valence-electron chi connectivity index (χ2n) is 4.56. The van der Waals surface area contributed by atoms with Gasteiger partial charge in [-0.1, -0.05) is 26.0 Å². The average Bonchev–Trinajstić information content (AvgIpc) is 2.68. The van der Waals surface area contributed by atoms with Gasteiger partial charge in [0.25, 0.3) is 0 Å². The predicted octanol–water partition coefficient (Wildman–Crippen LogP) is 2.33. The predicted molar refractivity (Wildman–Crippen MR) is 68.9 cm³/mol. The van der Waals surface area contributed by atoms with E-state index in [0.29, 0.717) is 5.82 Å². The number of imidazole rings is 1. The highest BCUT2D eigenvalue weighted by Gasteiger charge is 2.14. The standard InChI is InChI=1S/C14H15N3O/c1-10(2)13(18)9-17-12-6-4-3-5-11(12)16-14(17)7-8-15/h3-6,10H,7,9H2,1-2H3. The summed E-state index contributed by atoms with van der Waals surface area (Å²) in [6.07, 6.45) is 0.222. The fourth-order valence-corrected chi connectivity index (χ4v) is 1.85. The smallest absolute Gasteiger partial charge is 0.155 e. The summed E-state index contributed by atoms with van der Waals surface area (Å²) in [5, 5.41) is 8.82. The number of rotatable bonds is 4. The molecule has 0 aliphatic rings. The number of benzene rings is 1. The van der Waals surface area contributed by atoms with Crippen LogP contribution in [0.1, 0.15) is 19.7 Å². The number of aromatic nitrogens is 2. The molecule has 0 bridgehead atoms. The third-order valence-electron chi connectivity index (χ3n) is 2.93. The van der Waals surface area contributed by atoms with Gasteiger partial charge in [0, 0.05) is 5.92 Å². The maximum absolute atomic E-state index is 11.9. The van der Waals surface area contributed by atoms with Crippen molar-refractivity contribution in [3.8, 4) is 6.07 Å². The van der Waals surface area contributed by atoms with E-state index in [9.17, 15) is 4.79 Å². The van der Waals surface area contributed by atoms with Gasteiger partial charge in [-0.3, -0.25) is 4.79 Å². The van der Waals surface area contributed by atoms with E-state index in [1.807, 2.05) is 42.7 Å². The van der Waals surface area contributed by atoms with Gasteiger partial charge in [0.1, 0.15) is 5.82 Å². The molecule has 2 aromatic rings. The van der Waals surface area contributed by atoms with Gasteiger partial charge in [0.15, 0.2) is 5.78 Å². The lowest BCUT2D eigenvalue weighted by molar-refractivity contribution is -0.122. The fourth-order valence-electron chi connectivity index (χ4n) is 1.85. The minimum atomic E-state index is -0.0129. The molecule has 1 heterocycles. The normalized spacial score (nSPS) is 10.8. The van der Waals surface area contributed by atoms with Crippen LogP contribution in [0.4, 0.5) is 0 Å². The van der Waals surface area contributed by atoms with Crippen LogP contribution in [0.3, 0.4) is 0 Å². The minimum Gasteiger partial charge on any atom is -0.320 e. The molecule has 0 aliphatic carbocycles. The number of fused-ring (bicyclic) bond motifs is 1. The summed E-state index contributed by atoms with van der Waals surface area (Å²) in [7, 11) is 0. The van der Waals surface area contributed by atoms with Gasteiger partial charge in [0.2, 0.25) is 0 Å². The maximum Gasteiger partial charge on any atom is 0.155 e. The van der Waals surface area contributed by atoms with E-state index >= 15 is 0 Å². The molecular weight excluding hydrogens is 226 g/mol. The van der Waals surface area contributed by atoms with E-state index in [0.717, 1.165) is 11.0 Å². The lowest BCUT2D eigenvalue weighted by Crippen LogP contribution is -2.17. The van der Waals surface area contributed by atoms with Crippen LogP contribution in [-0.2, 0) is 17.8 Å². The summed E-state index contributed by atoms with van der Waals surface area (Å²) in [6.45, 7) is 4.05. The molecule has 18 heavy (non-hydrogen) atoms. The summed E-state index contributed by atoms with van der Waals surface area (Å²) in [6, 6.07) is 9.73. The molecule has 0 aliphatic heterocycles. The third-order valence-corrected chi connectivity index (χ3v) is 2.93. The van der Waals surface area contributed by atoms with Gasteiger partial charge >= 0.3 is 0 Å². The highest BCUT2D eigenvalue weighted by Crippen LogP contribution is 2.17. The van der Waals surface area contributed by atoms with Crippen LogP contribution < -0.4 is 0 Å². The van der Waals surface area contributed by atoms with Gasteiger partial charge in [-0.25, -0.2) is 4.98 Å². The Balaban J connectivity index is 2.48. The van der Waals surface area contributed by atoms with Crippen molar-refractivity contribution in [2.24, 2.45) is 5.92 Å². The van der Waals surface area contributed by atoms with Crippen molar-refractivity contribution in [3.63, 3.8) is 0 Å². The van der Waals surface area contributed by atoms with Crippen LogP contribution in [0.2, 0.25) is 0 Å². The number of hydrogen-bond donors (Lipinski definition) is 0. The van der Waals surface area contributed by atoms with Crippen molar-refractivity contribution in [1.29, 1.82) is 5.26 Å². The summed E-state index contributed by atoms with van der Waals surface area (Å²) >= 11 is 0.